The van der Waals surface area contributed by atoms with Crippen LogP contribution in [0.5, 0.6) is 0 Å². The molecule has 0 amide bonds. The van der Waals surface area contributed by atoms with Gasteiger partial charge in [-0.1, -0.05) is 19.3 Å². The van der Waals surface area contributed by atoms with E-state index in [0.29, 0.717) is 4.75 Å². The van der Waals surface area contributed by atoms with Gasteiger partial charge in [0.2, 0.25) is 0 Å². The van der Waals surface area contributed by atoms with Crippen molar-refractivity contribution >= 4 is 17.7 Å². The second-order valence-corrected chi connectivity index (χ2v) is 8.70. The molecule has 1 aliphatic carbocycles. The highest BCUT2D eigenvalue weighted by Gasteiger charge is 2.38. The molecule has 0 aromatic carbocycles. The maximum Gasteiger partial charge on any atom is 0.193 e. The summed E-state index contributed by atoms with van der Waals surface area (Å²) in [6.45, 7) is 6.18. The number of rotatable bonds is 7. The van der Waals surface area contributed by atoms with Gasteiger partial charge >= 0.3 is 0 Å². The first-order valence-corrected chi connectivity index (χ1v) is 10.4. The standard InChI is InChI=1S/C18H36N4OS/c1-19-17(20-10-7-11-21(2)12-14-23-3)22-13-15-24-18(16-22)8-5-4-6-9-18/h4-16H2,1-3H3,(H,19,20). The van der Waals surface area contributed by atoms with Crippen LogP contribution in [0.4, 0.5) is 0 Å². The Balaban J connectivity index is 1.73. The molecule has 1 aliphatic heterocycles. The van der Waals surface area contributed by atoms with E-state index < -0.39 is 0 Å². The molecule has 24 heavy (non-hydrogen) atoms. The van der Waals surface area contributed by atoms with Crippen molar-refractivity contribution < 1.29 is 4.74 Å². The molecule has 2 aliphatic rings. The minimum atomic E-state index is 0.495. The van der Waals surface area contributed by atoms with Crippen molar-refractivity contribution in [2.24, 2.45) is 4.99 Å². The average Bonchev–Trinajstić information content (AvgIpc) is 2.60. The van der Waals surface area contributed by atoms with E-state index in [0.717, 1.165) is 45.2 Å². The fourth-order valence-electron chi connectivity index (χ4n) is 3.76. The van der Waals surface area contributed by atoms with Crippen molar-refractivity contribution in [3.8, 4) is 0 Å². The highest BCUT2D eigenvalue weighted by molar-refractivity contribution is 8.00. The first kappa shape index (κ1) is 19.9. The molecule has 6 heteroatoms. The number of hydrogen-bond acceptors (Lipinski definition) is 4. The lowest BCUT2D eigenvalue weighted by Gasteiger charge is -2.45. The summed E-state index contributed by atoms with van der Waals surface area (Å²) in [7, 11) is 5.83. The fourth-order valence-corrected chi connectivity index (χ4v) is 5.33. The van der Waals surface area contributed by atoms with Crippen LogP contribution in [0.25, 0.3) is 0 Å². The van der Waals surface area contributed by atoms with Crippen LogP contribution in [0, 0.1) is 0 Å². The molecule has 0 bridgehead atoms. The molecule has 0 unspecified atom stereocenters. The van der Waals surface area contributed by atoms with Crippen LogP contribution in [0.15, 0.2) is 4.99 Å². The lowest BCUT2D eigenvalue weighted by atomic mass is 9.87. The monoisotopic (exact) mass is 356 g/mol. The largest absolute Gasteiger partial charge is 0.383 e. The molecule has 0 radical (unpaired) electrons. The second kappa shape index (κ2) is 10.5. The van der Waals surface area contributed by atoms with Crippen molar-refractivity contribution in [3.63, 3.8) is 0 Å². The highest BCUT2D eigenvalue weighted by atomic mass is 32.2. The molecule has 0 aromatic rings. The maximum atomic E-state index is 5.12. The zero-order chi connectivity index (χ0) is 17.3. The van der Waals surface area contributed by atoms with Crippen LogP contribution in [0.2, 0.25) is 0 Å². The number of nitrogens with one attached hydrogen (secondary N) is 1. The van der Waals surface area contributed by atoms with Crippen LogP contribution in [-0.4, -0.2) is 86.8 Å². The van der Waals surface area contributed by atoms with E-state index in [2.05, 4.69) is 38.9 Å². The molecule has 1 heterocycles. The lowest BCUT2D eigenvalue weighted by molar-refractivity contribution is 0.161. The molecule has 140 valence electrons. The van der Waals surface area contributed by atoms with Gasteiger partial charge in [0.25, 0.3) is 0 Å². The molecule has 0 aromatic heterocycles. The molecule has 1 saturated carbocycles. The molecular formula is C18H36N4OS. The third-order valence-electron chi connectivity index (χ3n) is 5.20. The molecule has 2 rings (SSSR count). The average molecular weight is 357 g/mol. The van der Waals surface area contributed by atoms with Crippen molar-refractivity contribution in [1.29, 1.82) is 0 Å². The zero-order valence-corrected chi connectivity index (χ0v) is 16.7. The summed E-state index contributed by atoms with van der Waals surface area (Å²) in [5, 5.41) is 3.58. The van der Waals surface area contributed by atoms with Crippen molar-refractivity contribution in [2.75, 3.05) is 66.3 Å². The summed E-state index contributed by atoms with van der Waals surface area (Å²) in [5.41, 5.74) is 0. The number of thioether (sulfide) groups is 1. The summed E-state index contributed by atoms with van der Waals surface area (Å²) in [5.74, 6) is 2.33. The van der Waals surface area contributed by atoms with E-state index in [-0.39, 0.29) is 0 Å². The Morgan fingerprint density at radius 3 is 2.79 bits per heavy atom. The number of guanidine groups is 1. The number of nitrogens with zero attached hydrogens (tertiary/aromatic N) is 3. The molecule has 1 spiro atoms. The van der Waals surface area contributed by atoms with E-state index in [1.807, 2.05) is 7.05 Å². The van der Waals surface area contributed by atoms with Gasteiger partial charge in [-0.2, -0.15) is 11.8 Å². The van der Waals surface area contributed by atoms with Gasteiger partial charge in [0.15, 0.2) is 5.96 Å². The first-order chi connectivity index (χ1) is 11.7. The van der Waals surface area contributed by atoms with Gasteiger partial charge in [0, 0.05) is 50.8 Å². The van der Waals surface area contributed by atoms with Crippen LogP contribution < -0.4 is 5.32 Å². The van der Waals surface area contributed by atoms with Gasteiger partial charge in [0.1, 0.15) is 0 Å². The molecule has 1 saturated heterocycles. The molecular weight excluding hydrogens is 320 g/mol. The third kappa shape index (κ3) is 6.12. The summed E-state index contributed by atoms with van der Waals surface area (Å²) in [6.07, 6.45) is 8.13. The number of ether oxygens (including phenoxy) is 1. The SMILES string of the molecule is CN=C(NCCCN(C)CCOC)N1CCSC2(CCCCC2)C1. The van der Waals surface area contributed by atoms with E-state index in [9.17, 15) is 0 Å². The van der Waals surface area contributed by atoms with E-state index >= 15 is 0 Å². The number of hydrogen-bond donors (Lipinski definition) is 1. The van der Waals surface area contributed by atoms with E-state index in [4.69, 9.17) is 4.74 Å². The Morgan fingerprint density at radius 2 is 2.08 bits per heavy atom. The van der Waals surface area contributed by atoms with Crippen molar-refractivity contribution in [2.45, 2.75) is 43.3 Å². The third-order valence-corrected chi connectivity index (χ3v) is 6.74. The van der Waals surface area contributed by atoms with Crippen molar-refractivity contribution in [1.82, 2.24) is 15.1 Å². The topological polar surface area (TPSA) is 40.1 Å². The van der Waals surface area contributed by atoms with Crippen molar-refractivity contribution in [3.05, 3.63) is 0 Å². The predicted octanol–water partition coefficient (Wildman–Crippen LogP) is 2.28. The number of aliphatic imine (C=N–C) groups is 1. The maximum absolute atomic E-state index is 5.12. The van der Waals surface area contributed by atoms with E-state index in [1.165, 1.54) is 44.4 Å². The Morgan fingerprint density at radius 1 is 1.29 bits per heavy atom. The lowest BCUT2D eigenvalue weighted by Crippen LogP contribution is -2.53. The Labute approximate surface area is 152 Å². The fraction of sp³-hybridized carbons (Fsp3) is 0.944. The van der Waals surface area contributed by atoms with Gasteiger partial charge in [-0.05, 0) is 32.9 Å². The molecule has 0 atom stereocenters. The Bertz CT molecular complexity index is 380. The second-order valence-electron chi connectivity index (χ2n) is 7.14. The van der Waals surface area contributed by atoms with Gasteiger partial charge in [-0.25, -0.2) is 0 Å². The Kier molecular flexibility index (Phi) is 8.70. The summed E-state index contributed by atoms with van der Waals surface area (Å²) in [6, 6.07) is 0. The van der Waals surface area contributed by atoms with Crippen LogP contribution in [-0.2, 0) is 4.74 Å². The van der Waals surface area contributed by atoms with Gasteiger partial charge in [-0.15, -0.1) is 0 Å². The normalized spacial score (nSPS) is 21.5. The number of methoxy groups -OCH3 is 1. The summed E-state index contributed by atoms with van der Waals surface area (Å²) in [4.78, 5) is 9.36. The van der Waals surface area contributed by atoms with Gasteiger partial charge in [0.05, 0.1) is 6.61 Å². The summed E-state index contributed by atoms with van der Waals surface area (Å²) >= 11 is 2.22. The minimum Gasteiger partial charge on any atom is -0.383 e. The minimum absolute atomic E-state index is 0.495. The number of likely N-dealkylation sites (N-methyl/N-ethyl adjacent to an activating group) is 1. The summed E-state index contributed by atoms with van der Waals surface area (Å²) < 4.78 is 5.62. The van der Waals surface area contributed by atoms with Crippen LogP contribution in [0.1, 0.15) is 38.5 Å². The molecule has 2 fully saturated rings. The predicted molar refractivity (Wildman–Crippen MR) is 105 cm³/mol. The van der Waals surface area contributed by atoms with Crippen LogP contribution >= 0.6 is 11.8 Å². The van der Waals surface area contributed by atoms with Gasteiger partial charge in [-0.3, -0.25) is 4.99 Å². The highest BCUT2D eigenvalue weighted by Crippen LogP contribution is 2.42. The molecule has 5 nitrogen and oxygen atoms in total. The first-order valence-electron chi connectivity index (χ1n) is 9.46. The smallest absolute Gasteiger partial charge is 0.193 e. The molecule has 1 N–H and O–H groups in total. The van der Waals surface area contributed by atoms with Crippen LogP contribution in [0.3, 0.4) is 0 Å². The quantitative estimate of drug-likeness (QED) is 0.430. The van der Waals surface area contributed by atoms with E-state index in [1.54, 1.807) is 7.11 Å². The Hall–Kier alpha value is -0.460. The zero-order valence-electron chi connectivity index (χ0n) is 15.9. The van der Waals surface area contributed by atoms with Gasteiger partial charge < -0.3 is 19.9 Å².